The maximum atomic E-state index is 10.2. The number of morpholine rings is 1. The van der Waals surface area contributed by atoms with Gasteiger partial charge in [-0.2, -0.15) is 5.26 Å². The Kier molecular flexibility index (Phi) is 5.34. The molecule has 1 aliphatic heterocycles. The number of nitriles is 1. The third kappa shape index (κ3) is 5.46. The summed E-state index contributed by atoms with van der Waals surface area (Å²) in [5, 5.41) is 22.3. The second kappa shape index (κ2) is 6.31. The molecule has 0 aromatic heterocycles. The first-order valence-electron chi connectivity index (χ1n) is 6.12. The first kappa shape index (κ1) is 14.4. The molecule has 2 unspecified atom stereocenters. The molecule has 98 valence electrons. The molecule has 1 saturated heterocycles. The first-order valence-corrected chi connectivity index (χ1v) is 6.12. The van der Waals surface area contributed by atoms with Crippen LogP contribution in [0.4, 0.5) is 0 Å². The lowest BCUT2D eigenvalue weighted by Gasteiger charge is -2.35. The maximum Gasteiger partial charge on any atom is 0.156 e. The summed E-state index contributed by atoms with van der Waals surface area (Å²) in [4.78, 5) is 2.08. The van der Waals surface area contributed by atoms with E-state index in [9.17, 15) is 5.11 Å². The van der Waals surface area contributed by atoms with E-state index in [-0.39, 0.29) is 6.10 Å². The zero-order valence-corrected chi connectivity index (χ0v) is 10.9. The van der Waals surface area contributed by atoms with E-state index in [0.29, 0.717) is 32.3 Å². The Morgan fingerprint density at radius 2 is 2.35 bits per heavy atom. The summed E-state index contributed by atoms with van der Waals surface area (Å²) in [5.74, 6) is 0. The summed E-state index contributed by atoms with van der Waals surface area (Å²) in [6.07, 6.45) is -0.363. The van der Waals surface area contributed by atoms with Crippen molar-refractivity contribution < 1.29 is 9.84 Å². The second-order valence-corrected chi connectivity index (χ2v) is 5.26. The fourth-order valence-corrected chi connectivity index (χ4v) is 1.89. The van der Waals surface area contributed by atoms with Gasteiger partial charge in [-0.1, -0.05) is 13.8 Å². The van der Waals surface area contributed by atoms with Crippen LogP contribution >= 0.6 is 0 Å². The van der Waals surface area contributed by atoms with Crippen molar-refractivity contribution >= 4 is 0 Å². The Morgan fingerprint density at radius 3 is 2.94 bits per heavy atom. The van der Waals surface area contributed by atoms with E-state index < -0.39 is 5.60 Å². The molecule has 0 aliphatic carbocycles. The van der Waals surface area contributed by atoms with Gasteiger partial charge < -0.3 is 15.2 Å². The van der Waals surface area contributed by atoms with Crippen molar-refractivity contribution in [3.05, 3.63) is 0 Å². The number of nitrogens with zero attached hydrogens (tertiary/aromatic N) is 2. The molecule has 5 heteroatoms. The number of hydrogen-bond acceptors (Lipinski definition) is 5. The van der Waals surface area contributed by atoms with Crippen LogP contribution in [0.15, 0.2) is 0 Å². The van der Waals surface area contributed by atoms with E-state index in [1.54, 1.807) is 0 Å². The van der Waals surface area contributed by atoms with E-state index >= 15 is 0 Å². The van der Waals surface area contributed by atoms with E-state index in [4.69, 9.17) is 10.00 Å². The molecule has 0 saturated carbocycles. The van der Waals surface area contributed by atoms with Crippen molar-refractivity contribution in [1.29, 1.82) is 5.26 Å². The Balaban J connectivity index is 2.38. The van der Waals surface area contributed by atoms with Gasteiger partial charge in [-0.05, 0) is 6.92 Å². The molecule has 0 radical (unpaired) electrons. The Labute approximate surface area is 103 Å². The third-order valence-electron chi connectivity index (χ3n) is 2.75. The molecule has 2 atom stereocenters. The molecule has 0 amide bonds. The Morgan fingerprint density at radius 1 is 1.65 bits per heavy atom. The molecule has 0 aromatic carbocycles. The van der Waals surface area contributed by atoms with Crippen molar-refractivity contribution in [3.63, 3.8) is 0 Å². The molecule has 1 heterocycles. The SMILES string of the molecule is CC(C)NCC(C)(O)CN1CCOC(C#N)C1. The number of rotatable bonds is 5. The van der Waals surface area contributed by atoms with Crippen molar-refractivity contribution in [2.45, 2.75) is 38.5 Å². The first-order chi connectivity index (χ1) is 7.93. The lowest BCUT2D eigenvalue weighted by atomic mass is 10.1. The minimum Gasteiger partial charge on any atom is -0.388 e. The highest BCUT2D eigenvalue weighted by Crippen LogP contribution is 2.10. The summed E-state index contributed by atoms with van der Waals surface area (Å²) in [5.41, 5.74) is -0.776. The van der Waals surface area contributed by atoms with Gasteiger partial charge in [0.25, 0.3) is 0 Å². The quantitative estimate of drug-likeness (QED) is 0.707. The smallest absolute Gasteiger partial charge is 0.156 e. The number of aliphatic hydroxyl groups is 1. The van der Waals surface area contributed by atoms with E-state index in [0.717, 1.165) is 6.54 Å². The molecular weight excluding hydrogens is 218 g/mol. The summed E-state index contributed by atoms with van der Waals surface area (Å²) >= 11 is 0. The van der Waals surface area contributed by atoms with Gasteiger partial charge in [-0.15, -0.1) is 0 Å². The van der Waals surface area contributed by atoms with Crippen LogP contribution < -0.4 is 5.32 Å². The van der Waals surface area contributed by atoms with Crippen LogP contribution in [0.25, 0.3) is 0 Å². The summed E-state index contributed by atoms with van der Waals surface area (Å²) in [7, 11) is 0. The minimum atomic E-state index is -0.776. The highest BCUT2D eigenvalue weighted by atomic mass is 16.5. The second-order valence-electron chi connectivity index (χ2n) is 5.26. The van der Waals surface area contributed by atoms with E-state index in [1.807, 2.05) is 6.92 Å². The summed E-state index contributed by atoms with van der Waals surface area (Å²) in [6, 6.07) is 2.47. The van der Waals surface area contributed by atoms with Crippen molar-refractivity contribution in [2.24, 2.45) is 0 Å². The average molecular weight is 241 g/mol. The predicted octanol–water partition coefficient (Wildman–Crippen LogP) is -0.0402. The van der Waals surface area contributed by atoms with Gasteiger partial charge in [0, 0.05) is 32.2 Å². The minimum absolute atomic E-state index is 0.359. The van der Waals surface area contributed by atoms with Gasteiger partial charge in [0.15, 0.2) is 6.10 Å². The van der Waals surface area contributed by atoms with Crippen LogP contribution in [0.2, 0.25) is 0 Å². The molecule has 1 fully saturated rings. The largest absolute Gasteiger partial charge is 0.388 e. The topological polar surface area (TPSA) is 68.5 Å². The monoisotopic (exact) mass is 241 g/mol. The lowest BCUT2D eigenvalue weighted by molar-refractivity contribution is -0.0412. The highest BCUT2D eigenvalue weighted by Gasteiger charge is 2.28. The molecule has 0 bridgehead atoms. The number of hydrogen-bond donors (Lipinski definition) is 2. The summed E-state index contributed by atoms with van der Waals surface area (Å²) in [6.45, 7) is 8.95. The average Bonchev–Trinajstić information content (AvgIpc) is 2.26. The van der Waals surface area contributed by atoms with Gasteiger partial charge in [0.2, 0.25) is 0 Å². The number of ether oxygens (including phenoxy) is 1. The molecule has 1 rings (SSSR count). The van der Waals surface area contributed by atoms with E-state index in [1.165, 1.54) is 0 Å². The van der Waals surface area contributed by atoms with Gasteiger partial charge >= 0.3 is 0 Å². The molecule has 2 N–H and O–H groups in total. The number of β-amino-alcohol motifs (C(OH)–C–C–N with tert-alkyl or cyclic N) is 1. The third-order valence-corrected chi connectivity index (χ3v) is 2.75. The van der Waals surface area contributed by atoms with Crippen molar-refractivity contribution in [3.8, 4) is 6.07 Å². The fourth-order valence-electron chi connectivity index (χ4n) is 1.89. The van der Waals surface area contributed by atoms with Crippen molar-refractivity contribution in [1.82, 2.24) is 10.2 Å². The molecule has 0 aromatic rings. The van der Waals surface area contributed by atoms with Gasteiger partial charge in [-0.25, -0.2) is 0 Å². The highest BCUT2D eigenvalue weighted by molar-refractivity contribution is 4.91. The van der Waals surface area contributed by atoms with Gasteiger partial charge in [-0.3, -0.25) is 4.90 Å². The van der Waals surface area contributed by atoms with Crippen LogP contribution in [0.1, 0.15) is 20.8 Å². The molecule has 17 heavy (non-hydrogen) atoms. The van der Waals surface area contributed by atoms with Crippen LogP contribution in [-0.4, -0.2) is 60.5 Å². The maximum absolute atomic E-state index is 10.2. The molecular formula is C12H23N3O2. The normalized spacial score (nSPS) is 25.5. The van der Waals surface area contributed by atoms with Crippen LogP contribution in [0.3, 0.4) is 0 Å². The van der Waals surface area contributed by atoms with Gasteiger partial charge in [0.05, 0.1) is 18.3 Å². The lowest BCUT2D eigenvalue weighted by Crippen LogP contribution is -2.52. The molecule has 0 spiro atoms. The van der Waals surface area contributed by atoms with Crippen LogP contribution in [0.5, 0.6) is 0 Å². The van der Waals surface area contributed by atoms with Crippen molar-refractivity contribution in [2.75, 3.05) is 32.8 Å². The van der Waals surface area contributed by atoms with E-state index in [2.05, 4.69) is 30.1 Å². The fraction of sp³-hybridized carbons (Fsp3) is 0.917. The molecule has 1 aliphatic rings. The molecule has 5 nitrogen and oxygen atoms in total. The van der Waals surface area contributed by atoms with Crippen LogP contribution in [0, 0.1) is 11.3 Å². The zero-order chi connectivity index (χ0) is 12.9. The summed E-state index contributed by atoms with van der Waals surface area (Å²) < 4.78 is 5.27. The Hall–Kier alpha value is -0.670. The van der Waals surface area contributed by atoms with Crippen LogP contribution in [-0.2, 0) is 4.74 Å². The Bertz CT molecular complexity index is 273. The zero-order valence-electron chi connectivity index (χ0n) is 10.9. The predicted molar refractivity (Wildman–Crippen MR) is 65.6 cm³/mol. The number of nitrogens with one attached hydrogen (secondary N) is 1. The standard InChI is InChI=1S/C12H23N3O2/c1-10(2)14-8-12(3,16)9-15-4-5-17-11(6-13)7-15/h10-11,14,16H,4-5,7-9H2,1-3H3. The van der Waals surface area contributed by atoms with Gasteiger partial charge in [0.1, 0.15) is 0 Å².